The Morgan fingerprint density at radius 2 is 1.73 bits per heavy atom. The van der Waals surface area contributed by atoms with Gasteiger partial charge < -0.3 is 24.5 Å². The van der Waals surface area contributed by atoms with Crippen LogP contribution >= 0.6 is 0 Å². The van der Waals surface area contributed by atoms with Gasteiger partial charge in [-0.3, -0.25) is 9.59 Å². The molecule has 2 N–H and O–H groups in total. The molecule has 0 unspecified atom stereocenters. The maximum absolute atomic E-state index is 12.7. The number of furan rings is 1. The van der Waals surface area contributed by atoms with Crippen molar-refractivity contribution >= 4 is 17.5 Å². The molecule has 0 saturated heterocycles. The van der Waals surface area contributed by atoms with Crippen LogP contribution in [0.4, 0.5) is 5.69 Å². The number of amides is 2. The molecule has 0 aliphatic rings. The Bertz CT molecular complexity index is 952. The van der Waals surface area contributed by atoms with Gasteiger partial charge in [-0.1, -0.05) is 12.1 Å². The summed E-state index contributed by atoms with van der Waals surface area (Å²) in [6.45, 7) is 3.65. The first-order valence-corrected chi connectivity index (χ1v) is 9.69. The number of carbonyl (C=O) groups excluding carboxylic acids is 2. The summed E-state index contributed by atoms with van der Waals surface area (Å²) in [5.41, 5.74) is 1.49. The lowest BCUT2D eigenvalue weighted by Crippen LogP contribution is -2.22. The SMILES string of the molecule is CCOCCOc1ccccc1C(=O)Nc1ccc(C(=O)NCc2ccco2)cc1. The number of hydrogen-bond donors (Lipinski definition) is 2. The number of rotatable bonds is 10. The largest absolute Gasteiger partial charge is 0.490 e. The molecule has 2 amide bonds. The Morgan fingerprint density at radius 3 is 2.47 bits per heavy atom. The zero-order valence-corrected chi connectivity index (χ0v) is 16.7. The lowest BCUT2D eigenvalue weighted by molar-refractivity contribution is 0.0947. The molecular weight excluding hydrogens is 384 g/mol. The number of ether oxygens (including phenoxy) is 2. The van der Waals surface area contributed by atoms with Crippen molar-refractivity contribution in [3.63, 3.8) is 0 Å². The summed E-state index contributed by atoms with van der Waals surface area (Å²) in [7, 11) is 0. The third-order valence-corrected chi connectivity index (χ3v) is 4.23. The Labute approximate surface area is 175 Å². The Kier molecular flexibility index (Phi) is 7.63. The molecule has 1 aromatic heterocycles. The van der Waals surface area contributed by atoms with Gasteiger partial charge in [0.2, 0.25) is 0 Å². The molecule has 0 atom stereocenters. The van der Waals surface area contributed by atoms with Gasteiger partial charge in [-0.25, -0.2) is 0 Å². The van der Waals surface area contributed by atoms with Crippen LogP contribution in [-0.4, -0.2) is 31.6 Å². The summed E-state index contributed by atoms with van der Waals surface area (Å²) < 4.78 is 16.1. The van der Waals surface area contributed by atoms with Crippen molar-refractivity contribution in [1.82, 2.24) is 5.32 Å². The van der Waals surface area contributed by atoms with Crippen molar-refractivity contribution < 1.29 is 23.5 Å². The zero-order chi connectivity index (χ0) is 21.2. The second-order valence-electron chi connectivity index (χ2n) is 6.34. The van der Waals surface area contributed by atoms with Crippen LogP contribution in [0.3, 0.4) is 0 Å². The van der Waals surface area contributed by atoms with Crippen molar-refractivity contribution in [2.45, 2.75) is 13.5 Å². The number of para-hydroxylation sites is 1. The molecule has 7 heteroatoms. The summed E-state index contributed by atoms with van der Waals surface area (Å²) in [5, 5.41) is 5.60. The van der Waals surface area contributed by atoms with Gasteiger partial charge in [0.25, 0.3) is 11.8 Å². The minimum atomic E-state index is -0.294. The van der Waals surface area contributed by atoms with Gasteiger partial charge in [-0.05, 0) is 55.5 Å². The topological polar surface area (TPSA) is 89.8 Å². The first-order valence-electron chi connectivity index (χ1n) is 9.69. The predicted octanol–water partition coefficient (Wildman–Crippen LogP) is 3.88. The van der Waals surface area contributed by atoms with Gasteiger partial charge in [-0.2, -0.15) is 0 Å². The molecule has 0 saturated carbocycles. The molecule has 3 rings (SSSR count). The molecule has 3 aromatic rings. The fraction of sp³-hybridized carbons (Fsp3) is 0.217. The van der Waals surface area contributed by atoms with E-state index in [2.05, 4.69) is 10.6 Å². The molecule has 0 spiro atoms. The second kappa shape index (κ2) is 10.8. The highest BCUT2D eigenvalue weighted by molar-refractivity contribution is 6.06. The third-order valence-electron chi connectivity index (χ3n) is 4.23. The molecule has 7 nitrogen and oxygen atoms in total. The third kappa shape index (κ3) is 5.96. The molecule has 0 aliphatic carbocycles. The monoisotopic (exact) mass is 408 g/mol. The zero-order valence-electron chi connectivity index (χ0n) is 16.7. The van der Waals surface area contributed by atoms with Gasteiger partial charge in [0.15, 0.2) is 0 Å². The molecule has 0 radical (unpaired) electrons. The van der Waals surface area contributed by atoms with E-state index in [1.807, 2.05) is 13.0 Å². The highest BCUT2D eigenvalue weighted by Crippen LogP contribution is 2.20. The first kappa shape index (κ1) is 21.1. The fourth-order valence-electron chi connectivity index (χ4n) is 2.72. The van der Waals surface area contributed by atoms with E-state index in [1.54, 1.807) is 60.9 Å². The van der Waals surface area contributed by atoms with Crippen LogP contribution in [0.5, 0.6) is 5.75 Å². The summed E-state index contributed by atoms with van der Waals surface area (Å²) >= 11 is 0. The Hall–Kier alpha value is -3.58. The average Bonchev–Trinajstić information content (AvgIpc) is 3.29. The summed E-state index contributed by atoms with van der Waals surface area (Å²) in [6.07, 6.45) is 1.56. The van der Waals surface area contributed by atoms with Crippen LogP contribution in [0.15, 0.2) is 71.3 Å². The van der Waals surface area contributed by atoms with Crippen LogP contribution in [0.2, 0.25) is 0 Å². The molecule has 1 heterocycles. The van der Waals surface area contributed by atoms with E-state index in [9.17, 15) is 9.59 Å². The van der Waals surface area contributed by atoms with E-state index < -0.39 is 0 Å². The maximum atomic E-state index is 12.7. The second-order valence-corrected chi connectivity index (χ2v) is 6.34. The highest BCUT2D eigenvalue weighted by atomic mass is 16.5. The van der Waals surface area contributed by atoms with Crippen molar-refractivity contribution in [3.05, 3.63) is 83.8 Å². The summed E-state index contributed by atoms with van der Waals surface area (Å²) in [6, 6.07) is 17.2. The van der Waals surface area contributed by atoms with Gasteiger partial charge in [0.1, 0.15) is 18.1 Å². The van der Waals surface area contributed by atoms with Gasteiger partial charge >= 0.3 is 0 Å². The number of anilines is 1. The smallest absolute Gasteiger partial charge is 0.259 e. The van der Waals surface area contributed by atoms with Crippen LogP contribution in [-0.2, 0) is 11.3 Å². The van der Waals surface area contributed by atoms with E-state index >= 15 is 0 Å². The summed E-state index contributed by atoms with van der Waals surface area (Å²) in [5.74, 6) is 0.646. The Morgan fingerprint density at radius 1 is 0.933 bits per heavy atom. The molecule has 0 fully saturated rings. The van der Waals surface area contributed by atoms with Crippen molar-refractivity contribution in [2.75, 3.05) is 25.1 Å². The predicted molar refractivity (Wildman–Crippen MR) is 113 cm³/mol. The van der Waals surface area contributed by atoms with E-state index in [-0.39, 0.29) is 11.8 Å². The lowest BCUT2D eigenvalue weighted by Gasteiger charge is -2.12. The molecule has 2 aromatic carbocycles. The molecular formula is C23H24N2O5. The van der Waals surface area contributed by atoms with Crippen LogP contribution in [0.25, 0.3) is 0 Å². The quantitative estimate of drug-likeness (QED) is 0.497. The molecule has 0 bridgehead atoms. The number of nitrogens with one attached hydrogen (secondary N) is 2. The van der Waals surface area contributed by atoms with Crippen LogP contribution in [0, 0.1) is 0 Å². The van der Waals surface area contributed by atoms with Crippen molar-refractivity contribution in [1.29, 1.82) is 0 Å². The highest BCUT2D eigenvalue weighted by Gasteiger charge is 2.13. The standard InChI is InChI=1S/C23H24N2O5/c1-2-28-14-15-30-21-8-4-3-7-20(21)23(27)25-18-11-9-17(10-12-18)22(26)24-16-19-6-5-13-29-19/h3-13H,2,14-16H2,1H3,(H,24,26)(H,25,27). The van der Waals surface area contributed by atoms with Gasteiger partial charge in [0, 0.05) is 17.9 Å². The van der Waals surface area contributed by atoms with Crippen molar-refractivity contribution in [3.8, 4) is 5.75 Å². The number of hydrogen-bond acceptors (Lipinski definition) is 5. The van der Waals surface area contributed by atoms with Crippen LogP contribution < -0.4 is 15.4 Å². The number of carbonyl (C=O) groups is 2. The maximum Gasteiger partial charge on any atom is 0.259 e. The lowest BCUT2D eigenvalue weighted by atomic mass is 10.1. The van der Waals surface area contributed by atoms with Gasteiger partial charge in [0.05, 0.1) is 25.0 Å². The molecule has 30 heavy (non-hydrogen) atoms. The van der Waals surface area contributed by atoms with E-state index in [0.29, 0.717) is 54.7 Å². The van der Waals surface area contributed by atoms with Crippen LogP contribution in [0.1, 0.15) is 33.4 Å². The number of benzene rings is 2. The minimum absolute atomic E-state index is 0.225. The molecule has 156 valence electrons. The van der Waals surface area contributed by atoms with Gasteiger partial charge in [-0.15, -0.1) is 0 Å². The van der Waals surface area contributed by atoms with Crippen molar-refractivity contribution in [2.24, 2.45) is 0 Å². The van der Waals surface area contributed by atoms with E-state index in [1.165, 1.54) is 0 Å². The minimum Gasteiger partial charge on any atom is -0.490 e. The fourth-order valence-corrected chi connectivity index (χ4v) is 2.72. The average molecular weight is 408 g/mol. The normalized spacial score (nSPS) is 10.4. The first-order chi connectivity index (χ1) is 14.7. The van der Waals surface area contributed by atoms with E-state index in [4.69, 9.17) is 13.9 Å². The summed E-state index contributed by atoms with van der Waals surface area (Å²) in [4.78, 5) is 24.9. The Balaban J connectivity index is 1.57. The molecule has 0 aliphatic heterocycles. The van der Waals surface area contributed by atoms with E-state index in [0.717, 1.165) is 0 Å².